The van der Waals surface area contributed by atoms with Gasteiger partial charge in [-0.1, -0.05) is 125 Å². The van der Waals surface area contributed by atoms with Gasteiger partial charge in [0.15, 0.2) is 0 Å². The zero-order chi connectivity index (χ0) is 41.4. The van der Waals surface area contributed by atoms with E-state index in [-0.39, 0.29) is 11.8 Å². The second-order valence-corrected chi connectivity index (χ2v) is 17.0. The second kappa shape index (κ2) is 14.4. The number of aromatic nitrogens is 4. The Labute approximate surface area is 351 Å². The van der Waals surface area contributed by atoms with Gasteiger partial charge in [-0.2, -0.15) is 0 Å². The molecule has 0 unspecified atom stereocenters. The molecule has 0 bridgehead atoms. The lowest BCUT2D eigenvalue weighted by molar-refractivity contribution is 0.875. The molecule has 6 nitrogen and oxygen atoms in total. The largest absolute Gasteiger partial charge is 0.278 e. The molecule has 2 aromatic heterocycles. The summed E-state index contributed by atoms with van der Waals surface area (Å²) in [4.78, 5) is 25.4. The lowest BCUT2D eigenvalue weighted by Gasteiger charge is -2.32. The molecule has 294 valence electrons. The molecular weight excluding hydrogens is 733 g/mol. The van der Waals surface area contributed by atoms with Crippen LogP contribution >= 0.6 is 0 Å². The lowest BCUT2D eigenvalue weighted by Crippen LogP contribution is -2.17. The van der Waals surface area contributed by atoms with Gasteiger partial charge in [-0.05, 0) is 119 Å². The quantitative estimate of drug-likeness (QED) is 0.143. The van der Waals surface area contributed by atoms with Crippen LogP contribution in [0.25, 0.3) is 54.1 Å². The molecule has 0 saturated carbocycles. The fourth-order valence-corrected chi connectivity index (χ4v) is 9.45. The first-order valence-corrected chi connectivity index (χ1v) is 21.0. The molecule has 0 aliphatic carbocycles. The first-order chi connectivity index (χ1) is 29.1. The maximum atomic E-state index is 5.27. The molecule has 2 heterocycles. The molecule has 10 aromatic rings. The number of benzene rings is 8. The molecule has 8 aromatic carbocycles. The summed E-state index contributed by atoms with van der Waals surface area (Å²) in [6.07, 6.45) is 3.91. The topological polar surface area (TPSA) is 58.0 Å². The van der Waals surface area contributed by atoms with Gasteiger partial charge in [0.1, 0.15) is 0 Å². The van der Waals surface area contributed by atoms with Crippen LogP contribution in [-0.2, 0) is 0 Å². The van der Waals surface area contributed by atoms with E-state index in [1.54, 1.807) is 0 Å². The number of aryl methyl sites for hydroxylation is 4. The summed E-state index contributed by atoms with van der Waals surface area (Å²) in [5.41, 5.74) is 13.3. The maximum absolute atomic E-state index is 5.27. The minimum Gasteiger partial charge on any atom is -0.278 e. The van der Waals surface area contributed by atoms with Crippen LogP contribution in [0.2, 0.25) is 0 Å². The predicted octanol–water partition coefficient (Wildman–Crippen LogP) is 14.9. The molecule has 0 saturated heterocycles. The smallest absolute Gasteiger partial charge is 0.235 e. The fraction of sp³-hybridized carbons (Fsp3) is 0.185. The highest BCUT2D eigenvalue weighted by atomic mass is 15.3. The Bertz CT molecular complexity index is 3030. The third kappa shape index (κ3) is 5.92. The van der Waals surface area contributed by atoms with Gasteiger partial charge < -0.3 is 0 Å². The minimum absolute atomic E-state index is 0.242. The van der Waals surface area contributed by atoms with Crippen molar-refractivity contribution in [2.45, 2.75) is 67.2 Å². The number of fused-ring (bicyclic) bond motifs is 2. The van der Waals surface area contributed by atoms with Crippen molar-refractivity contribution >= 4 is 88.8 Å². The summed E-state index contributed by atoms with van der Waals surface area (Å²) < 4.78 is 0. The van der Waals surface area contributed by atoms with Crippen molar-refractivity contribution in [1.29, 1.82) is 0 Å². The lowest BCUT2D eigenvalue weighted by atomic mass is 9.84. The molecule has 0 aliphatic rings. The van der Waals surface area contributed by atoms with Crippen LogP contribution in [0.3, 0.4) is 0 Å². The average molecular weight is 781 g/mol. The van der Waals surface area contributed by atoms with Crippen molar-refractivity contribution in [3.8, 4) is 0 Å². The highest BCUT2D eigenvalue weighted by molar-refractivity contribution is 6.29. The first-order valence-electron chi connectivity index (χ1n) is 21.0. The van der Waals surface area contributed by atoms with E-state index in [1.165, 1.54) is 32.7 Å². The normalized spacial score (nSPS) is 12.0. The van der Waals surface area contributed by atoms with Crippen LogP contribution in [0.1, 0.15) is 72.9 Å². The summed E-state index contributed by atoms with van der Waals surface area (Å²) in [7, 11) is 0. The van der Waals surface area contributed by atoms with E-state index in [4.69, 9.17) is 19.9 Å². The van der Waals surface area contributed by atoms with E-state index < -0.39 is 0 Å². The Balaban J connectivity index is 1.35. The van der Waals surface area contributed by atoms with Crippen LogP contribution in [0.5, 0.6) is 0 Å². The third-order valence-electron chi connectivity index (χ3n) is 12.3. The summed E-state index contributed by atoms with van der Waals surface area (Å²) >= 11 is 0. The Kier molecular flexibility index (Phi) is 8.98. The first kappa shape index (κ1) is 37.4. The number of anilines is 6. The molecule has 0 atom stereocenters. The Morgan fingerprint density at radius 1 is 0.417 bits per heavy atom. The highest BCUT2D eigenvalue weighted by Gasteiger charge is 2.29. The van der Waals surface area contributed by atoms with E-state index >= 15 is 0 Å². The van der Waals surface area contributed by atoms with E-state index in [2.05, 4.69) is 162 Å². The van der Waals surface area contributed by atoms with Crippen LogP contribution in [0.4, 0.5) is 34.6 Å². The molecule has 0 amide bonds. The van der Waals surface area contributed by atoms with Gasteiger partial charge in [-0.25, -0.2) is 19.9 Å². The summed E-state index contributed by atoms with van der Waals surface area (Å²) in [5.74, 6) is 1.78. The molecule has 0 radical (unpaired) electrons. The van der Waals surface area contributed by atoms with Crippen molar-refractivity contribution in [1.82, 2.24) is 19.9 Å². The van der Waals surface area contributed by atoms with Crippen molar-refractivity contribution in [2.24, 2.45) is 0 Å². The van der Waals surface area contributed by atoms with Gasteiger partial charge in [-0.15, -0.1) is 0 Å². The Morgan fingerprint density at radius 3 is 1.17 bits per heavy atom. The number of nitrogens with zero attached hydrogens (tertiary/aromatic N) is 6. The van der Waals surface area contributed by atoms with Crippen molar-refractivity contribution in [3.63, 3.8) is 0 Å². The predicted molar refractivity (Wildman–Crippen MR) is 253 cm³/mol. The van der Waals surface area contributed by atoms with Crippen molar-refractivity contribution in [3.05, 3.63) is 167 Å². The van der Waals surface area contributed by atoms with Gasteiger partial charge in [0.2, 0.25) is 11.9 Å². The molecule has 0 spiro atoms. The number of hydrogen-bond acceptors (Lipinski definition) is 6. The Morgan fingerprint density at radius 2 is 0.783 bits per heavy atom. The van der Waals surface area contributed by atoms with Crippen LogP contribution in [0, 0.1) is 27.7 Å². The molecular formula is C54H48N6. The standard InChI is InChI=1S/C54H48N6/c1-31(2)43-27-47(59(51-33(5)15-13-16-34(51)6)53-55-29-37-19-9-11-21-45(37)57-53)41-26-24-40-44(32(3)4)28-48(42-25-23-39(43)49(41)50(40)42)60(52-35(7)17-14-18-36(52)8)54-56-30-38-20-10-12-22-46(38)58-54/h9-32H,1-8H3. The molecule has 0 N–H and O–H groups in total. The zero-order valence-electron chi connectivity index (χ0n) is 35.5. The maximum Gasteiger partial charge on any atom is 0.235 e. The molecule has 60 heavy (non-hydrogen) atoms. The van der Waals surface area contributed by atoms with E-state index in [0.717, 1.165) is 77.6 Å². The number of hydrogen-bond donors (Lipinski definition) is 0. The average Bonchev–Trinajstić information content (AvgIpc) is 3.25. The van der Waals surface area contributed by atoms with Gasteiger partial charge in [0.25, 0.3) is 0 Å². The second-order valence-electron chi connectivity index (χ2n) is 17.0. The molecule has 6 heteroatoms. The summed E-state index contributed by atoms with van der Waals surface area (Å²) in [6, 6.07) is 43.7. The van der Waals surface area contributed by atoms with E-state index in [9.17, 15) is 0 Å². The van der Waals surface area contributed by atoms with Gasteiger partial charge in [0.05, 0.1) is 33.8 Å². The molecule has 0 aliphatic heterocycles. The van der Waals surface area contributed by atoms with E-state index in [0.29, 0.717) is 11.9 Å². The summed E-state index contributed by atoms with van der Waals surface area (Å²) in [6.45, 7) is 18.0. The summed E-state index contributed by atoms with van der Waals surface area (Å²) in [5, 5.41) is 9.34. The van der Waals surface area contributed by atoms with E-state index in [1.807, 2.05) is 36.7 Å². The van der Waals surface area contributed by atoms with Crippen molar-refractivity contribution in [2.75, 3.05) is 9.80 Å². The fourth-order valence-electron chi connectivity index (χ4n) is 9.45. The van der Waals surface area contributed by atoms with Gasteiger partial charge >= 0.3 is 0 Å². The van der Waals surface area contributed by atoms with Crippen LogP contribution in [-0.4, -0.2) is 19.9 Å². The SMILES string of the molecule is Cc1cccc(C)c1N(c1ncc2ccccc2n1)c1cc(C(C)C)c2ccc3c(N(c4ncc5ccccc5n4)c4c(C)cccc4C)cc(C(C)C)c4ccc1c2c43. The minimum atomic E-state index is 0.242. The monoisotopic (exact) mass is 780 g/mol. The number of para-hydroxylation sites is 4. The van der Waals surface area contributed by atoms with Crippen molar-refractivity contribution < 1.29 is 0 Å². The third-order valence-corrected chi connectivity index (χ3v) is 12.3. The van der Waals surface area contributed by atoms with Crippen LogP contribution < -0.4 is 9.80 Å². The zero-order valence-corrected chi connectivity index (χ0v) is 35.5. The van der Waals surface area contributed by atoms with Crippen LogP contribution in [0.15, 0.2) is 134 Å². The highest BCUT2D eigenvalue weighted by Crippen LogP contribution is 2.51. The molecule has 0 fully saturated rings. The Hall–Kier alpha value is -6.92. The molecule has 10 rings (SSSR count). The van der Waals surface area contributed by atoms with Gasteiger partial charge in [0, 0.05) is 33.9 Å². The van der Waals surface area contributed by atoms with Gasteiger partial charge in [-0.3, -0.25) is 9.80 Å². The number of rotatable bonds is 8.